The fourth-order valence-electron chi connectivity index (χ4n) is 4.06. The zero-order chi connectivity index (χ0) is 23.7. The molecule has 0 aliphatic heterocycles. The minimum Gasteiger partial charge on any atom is -0.493 e. The number of aromatic nitrogens is 3. The predicted molar refractivity (Wildman–Crippen MR) is 132 cm³/mol. The molecule has 3 aromatic carbocycles. The number of fused-ring (bicyclic) bond motifs is 1. The molecule has 7 nitrogen and oxygen atoms in total. The third-order valence-electron chi connectivity index (χ3n) is 5.63. The third-order valence-corrected chi connectivity index (χ3v) is 5.63. The van der Waals surface area contributed by atoms with E-state index in [0.29, 0.717) is 11.3 Å². The van der Waals surface area contributed by atoms with E-state index in [1.807, 2.05) is 98.8 Å². The summed E-state index contributed by atoms with van der Waals surface area (Å²) in [7, 11) is 0. The van der Waals surface area contributed by atoms with Crippen molar-refractivity contribution in [3.8, 4) is 22.8 Å². The standard InChI is InChI=1S/C27H23N5O2/c1-18(2)32-23-16-10-9-15-21(23)25(27(32)34)28-29-26(33)22-17-31(20-13-7-4-8-14-20)30-24(22)19-11-5-3-6-12-19/h3-18,34H,1-2H3. The summed E-state index contributed by atoms with van der Waals surface area (Å²) >= 11 is 0. The highest BCUT2D eigenvalue weighted by Gasteiger charge is 2.21. The molecule has 0 aliphatic carbocycles. The molecule has 0 radical (unpaired) electrons. The van der Waals surface area contributed by atoms with E-state index in [1.165, 1.54) is 0 Å². The third kappa shape index (κ3) is 3.77. The van der Waals surface area contributed by atoms with Crippen molar-refractivity contribution in [3.63, 3.8) is 0 Å². The number of hydrogen-bond donors (Lipinski definition) is 1. The number of aromatic hydroxyl groups is 1. The Labute approximate surface area is 196 Å². The summed E-state index contributed by atoms with van der Waals surface area (Å²) in [6.45, 7) is 3.95. The Morgan fingerprint density at radius 2 is 1.56 bits per heavy atom. The van der Waals surface area contributed by atoms with Gasteiger partial charge in [0.05, 0.1) is 16.8 Å². The van der Waals surface area contributed by atoms with E-state index in [1.54, 1.807) is 15.4 Å². The number of para-hydroxylation sites is 2. The number of carbonyl (C=O) groups excluding carboxylic acids is 1. The van der Waals surface area contributed by atoms with E-state index in [4.69, 9.17) is 0 Å². The van der Waals surface area contributed by atoms with Crippen molar-refractivity contribution in [2.75, 3.05) is 0 Å². The second-order valence-electron chi connectivity index (χ2n) is 8.20. The van der Waals surface area contributed by atoms with Crippen molar-refractivity contribution < 1.29 is 9.90 Å². The van der Waals surface area contributed by atoms with Crippen molar-refractivity contribution in [2.24, 2.45) is 10.2 Å². The van der Waals surface area contributed by atoms with Crippen molar-refractivity contribution >= 4 is 22.5 Å². The molecule has 0 saturated carbocycles. The van der Waals surface area contributed by atoms with Gasteiger partial charge in [-0.3, -0.25) is 4.79 Å². The van der Waals surface area contributed by atoms with Crippen LogP contribution < -0.4 is 0 Å². The Morgan fingerprint density at radius 1 is 0.912 bits per heavy atom. The summed E-state index contributed by atoms with van der Waals surface area (Å²) < 4.78 is 3.43. The maximum atomic E-state index is 13.2. The molecule has 0 unspecified atom stereocenters. The number of rotatable bonds is 5. The lowest BCUT2D eigenvalue weighted by atomic mass is 10.1. The van der Waals surface area contributed by atoms with Gasteiger partial charge in [-0.2, -0.15) is 5.10 Å². The normalized spacial score (nSPS) is 11.6. The molecule has 0 bridgehead atoms. The van der Waals surface area contributed by atoms with E-state index in [2.05, 4.69) is 15.3 Å². The average Bonchev–Trinajstić information content (AvgIpc) is 3.43. The summed E-state index contributed by atoms with van der Waals surface area (Å²) in [6.07, 6.45) is 1.66. The van der Waals surface area contributed by atoms with Crippen LogP contribution in [0.3, 0.4) is 0 Å². The van der Waals surface area contributed by atoms with Crippen LogP contribution in [-0.4, -0.2) is 25.4 Å². The van der Waals surface area contributed by atoms with Gasteiger partial charge >= 0.3 is 0 Å². The quantitative estimate of drug-likeness (QED) is 0.303. The molecular weight excluding hydrogens is 426 g/mol. The summed E-state index contributed by atoms with van der Waals surface area (Å²) in [5, 5.41) is 24.4. The van der Waals surface area contributed by atoms with Crippen LogP contribution in [-0.2, 0) is 0 Å². The maximum absolute atomic E-state index is 13.2. The Balaban J connectivity index is 1.59. The van der Waals surface area contributed by atoms with Gasteiger partial charge in [-0.25, -0.2) is 4.68 Å². The van der Waals surface area contributed by atoms with E-state index >= 15 is 0 Å². The topological polar surface area (TPSA) is 84.8 Å². The van der Waals surface area contributed by atoms with Crippen molar-refractivity contribution in [1.82, 2.24) is 14.3 Å². The van der Waals surface area contributed by atoms with Crippen LogP contribution in [0.5, 0.6) is 5.88 Å². The minimum atomic E-state index is -0.540. The number of benzene rings is 3. The Bertz CT molecular complexity index is 1500. The SMILES string of the molecule is CC(C)n1c(O)c(N=NC(=O)c2cn(-c3ccccc3)nc2-c2ccccc2)c2ccccc21. The van der Waals surface area contributed by atoms with Gasteiger partial charge in [0.1, 0.15) is 5.69 Å². The molecule has 34 heavy (non-hydrogen) atoms. The Kier molecular flexibility index (Phi) is 5.51. The summed E-state index contributed by atoms with van der Waals surface area (Å²) in [4.78, 5) is 13.2. The zero-order valence-corrected chi connectivity index (χ0v) is 18.8. The molecular formula is C27H23N5O2. The van der Waals surface area contributed by atoms with Gasteiger partial charge in [0.2, 0.25) is 5.88 Å². The zero-order valence-electron chi connectivity index (χ0n) is 18.8. The first-order chi connectivity index (χ1) is 16.5. The highest BCUT2D eigenvalue weighted by molar-refractivity contribution is 6.01. The average molecular weight is 450 g/mol. The lowest BCUT2D eigenvalue weighted by molar-refractivity contribution is 0.0995. The smallest absolute Gasteiger partial charge is 0.299 e. The van der Waals surface area contributed by atoms with Crippen molar-refractivity contribution in [3.05, 3.63) is 96.7 Å². The summed E-state index contributed by atoms with van der Waals surface area (Å²) in [6, 6.07) is 26.6. The number of amides is 1. The molecule has 5 aromatic rings. The lowest BCUT2D eigenvalue weighted by Crippen LogP contribution is -1.98. The van der Waals surface area contributed by atoms with Crippen LogP contribution in [0.25, 0.3) is 27.8 Å². The summed E-state index contributed by atoms with van der Waals surface area (Å²) in [5.41, 5.74) is 3.57. The predicted octanol–water partition coefficient (Wildman–Crippen LogP) is 6.70. The number of azo groups is 1. The molecule has 0 aliphatic rings. The van der Waals surface area contributed by atoms with E-state index in [0.717, 1.165) is 22.2 Å². The molecule has 168 valence electrons. The molecule has 5 rings (SSSR count). The fourth-order valence-corrected chi connectivity index (χ4v) is 4.06. The molecule has 0 atom stereocenters. The molecule has 0 fully saturated rings. The summed E-state index contributed by atoms with van der Waals surface area (Å²) in [5.74, 6) is -0.558. The fraction of sp³-hybridized carbons (Fsp3) is 0.111. The van der Waals surface area contributed by atoms with E-state index in [9.17, 15) is 9.90 Å². The second-order valence-corrected chi connectivity index (χ2v) is 8.20. The number of hydrogen-bond acceptors (Lipinski definition) is 4. The van der Waals surface area contributed by atoms with Crippen LogP contribution >= 0.6 is 0 Å². The van der Waals surface area contributed by atoms with Crippen LogP contribution in [0.2, 0.25) is 0 Å². The van der Waals surface area contributed by atoms with Gasteiger partial charge in [-0.1, -0.05) is 66.7 Å². The first-order valence-corrected chi connectivity index (χ1v) is 11.0. The highest BCUT2D eigenvalue weighted by Crippen LogP contribution is 2.41. The highest BCUT2D eigenvalue weighted by atomic mass is 16.3. The van der Waals surface area contributed by atoms with Gasteiger partial charge in [0.25, 0.3) is 5.91 Å². The molecule has 1 amide bonds. The van der Waals surface area contributed by atoms with Crippen molar-refractivity contribution in [2.45, 2.75) is 19.9 Å². The van der Waals surface area contributed by atoms with Crippen LogP contribution in [0, 0.1) is 0 Å². The lowest BCUT2D eigenvalue weighted by Gasteiger charge is -2.10. The van der Waals surface area contributed by atoms with Crippen LogP contribution in [0.4, 0.5) is 5.69 Å². The first-order valence-electron chi connectivity index (χ1n) is 11.0. The van der Waals surface area contributed by atoms with Gasteiger partial charge < -0.3 is 9.67 Å². The molecule has 2 heterocycles. The van der Waals surface area contributed by atoms with Crippen molar-refractivity contribution in [1.29, 1.82) is 0 Å². The first kappa shape index (κ1) is 21.3. The van der Waals surface area contributed by atoms with E-state index < -0.39 is 5.91 Å². The van der Waals surface area contributed by atoms with Crippen LogP contribution in [0.15, 0.2) is 101 Å². The Morgan fingerprint density at radius 3 is 2.26 bits per heavy atom. The molecule has 7 heteroatoms. The molecule has 1 N–H and O–H groups in total. The van der Waals surface area contributed by atoms with Gasteiger partial charge in [0, 0.05) is 23.2 Å². The molecule has 0 spiro atoms. The molecule has 2 aromatic heterocycles. The Hall–Kier alpha value is -4.52. The van der Waals surface area contributed by atoms with Crippen LogP contribution in [0.1, 0.15) is 30.2 Å². The number of nitrogens with zero attached hydrogens (tertiary/aromatic N) is 5. The molecule has 0 saturated heterocycles. The maximum Gasteiger partial charge on any atom is 0.299 e. The minimum absolute atomic E-state index is 0.0124. The monoisotopic (exact) mass is 449 g/mol. The van der Waals surface area contributed by atoms with Gasteiger partial charge in [0.15, 0.2) is 5.69 Å². The van der Waals surface area contributed by atoms with Gasteiger partial charge in [-0.05, 0) is 32.0 Å². The second kappa shape index (κ2) is 8.78. The largest absolute Gasteiger partial charge is 0.493 e. The van der Waals surface area contributed by atoms with E-state index in [-0.39, 0.29) is 17.6 Å². The van der Waals surface area contributed by atoms with Gasteiger partial charge in [-0.15, -0.1) is 10.2 Å². The number of carbonyl (C=O) groups is 1.